The molecule has 0 bridgehead atoms. The number of carbonyl (C=O) groups excluding carboxylic acids is 1. The van der Waals surface area contributed by atoms with Gasteiger partial charge in [0.1, 0.15) is 11.5 Å². The van der Waals surface area contributed by atoms with Crippen LogP contribution in [0.3, 0.4) is 0 Å². The summed E-state index contributed by atoms with van der Waals surface area (Å²) in [4.78, 5) is 15.1. The maximum Gasteiger partial charge on any atom is 0.241 e. The van der Waals surface area contributed by atoms with Gasteiger partial charge in [0, 0.05) is 17.6 Å². The molecule has 0 heterocycles. The maximum absolute atomic E-state index is 12.9. The van der Waals surface area contributed by atoms with E-state index in [9.17, 15) is 4.79 Å². The van der Waals surface area contributed by atoms with Crippen LogP contribution in [0.25, 0.3) is 0 Å². The van der Waals surface area contributed by atoms with Crippen molar-refractivity contribution in [3.05, 3.63) is 53.1 Å². The second-order valence-electron chi connectivity index (χ2n) is 6.76. The Bertz CT molecular complexity index is 791. The van der Waals surface area contributed by atoms with E-state index in [1.54, 1.807) is 32.4 Å². The fourth-order valence-electron chi connectivity index (χ4n) is 3.10. The number of nitrogens with one attached hydrogen (secondary N) is 1. The molecule has 0 aliphatic heterocycles. The number of anilines is 1. The van der Waals surface area contributed by atoms with Crippen molar-refractivity contribution in [2.45, 2.75) is 38.4 Å². The molecule has 3 rings (SSSR count). The molecule has 144 valence electrons. The van der Waals surface area contributed by atoms with E-state index < -0.39 is 0 Å². The lowest BCUT2D eigenvalue weighted by Gasteiger charge is -2.28. The van der Waals surface area contributed by atoms with Crippen molar-refractivity contribution in [3.63, 3.8) is 0 Å². The Morgan fingerprint density at radius 3 is 2.48 bits per heavy atom. The number of ether oxygens (including phenoxy) is 2. The second kappa shape index (κ2) is 8.63. The third-order valence-electron chi connectivity index (χ3n) is 4.84. The number of halogens is 1. The van der Waals surface area contributed by atoms with Crippen molar-refractivity contribution in [3.8, 4) is 11.5 Å². The molecule has 1 atom stereocenters. The van der Waals surface area contributed by atoms with Gasteiger partial charge in [0.25, 0.3) is 0 Å². The van der Waals surface area contributed by atoms with Crippen LogP contribution in [0.2, 0.25) is 5.02 Å². The van der Waals surface area contributed by atoms with Gasteiger partial charge in [-0.25, -0.2) is 0 Å². The standard InChI is InChI=1S/C21H25ClN2O3/c1-14(21(25)23-19-12-16(22)6-11-20(19)27-3)24(17-7-8-17)13-15-4-9-18(26-2)10-5-15/h4-6,9-12,14,17H,7-8,13H2,1-3H3,(H,23,25)/t14-/m1/s1. The first kappa shape index (κ1) is 19.5. The fraction of sp³-hybridized carbons (Fsp3) is 0.381. The lowest BCUT2D eigenvalue weighted by molar-refractivity contribution is -0.121. The molecule has 2 aromatic rings. The molecule has 1 N–H and O–H groups in total. The van der Waals surface area contributed by atoms with Crippen LogP contribution in [0.15, 0.2) is 42.5 Å². The van der Waals surface area contributed by atoms with Crippen LogP contribution in [0, 0.1) is 0 Å². The van der Waals surface area contributed by atoms with Gasteiger partial charge < -0.3 is 14.8 Å². The predicted octanol–water partition coefficient (Wildman–Crippen LogP) is 4.35. The summed E-state index contributed by atoms with van der Waals surface area (Å²) in [5, 5.41) is 3.51. The van der Waals surface area contributed by atoms with Gasteiger partial charge in [-0.15, -0.1) is 0 Å². The molecule has 2 aromatic carbocycles. The SMILES string of the molecule is COc1ccc(CN(C2CC2)[C@H](C)C(=O)Nc2cc(Cl)ccc2OC)cc1. The van der Waals surface area contributed by atoms with E-state index in [0.717, 1.165) is 30.7 Å². The molecule has 1 amide bonds. The van der Waals surface area contributed by atoms with Gasteiger partial charge in [-0.1, -0.05) is 23.7 Å². The van der Waals surface area contributed by atoms with Crippen molar-refractivity contribution in [1.29, 1.82) is 0 Å². The van der Waals surface area contributed by atoms with E-state index in [2.05, 4.69) is 10.2 Å². The molecule has 0 unspecified atom stereocenters. The van der Waals surface area contributed by atoms with E-state index in [1.807, 2.05) is 31.2 Å². The highest BCUT2D eigenvalue weighted by Crippen LogP contribution is 2.32. The molecule has 0 saturated heterocycles. The van der Waals surface area contributed by atoms with Gasteiger partial charge in [0.05, 0.1) is 25.9 Å². The number of rotatable bonds is 8. The van der Waals surface area contributed by atoms with E-state index >= 15 is 0 Å². The number of amides is 1. The zero-order valence-electron chi connectivity index (χ0n) is 15.9. The summed E-state index contributed by atoms with van der Waals surface area (Å²) in [5.41, 5.74) is 1.74. The summed E-state index contributed by atoms with van der Waals surface area (Å²) in [6.45, 7) is 2.66. The minimum absolute atomic E-state index is 0.0732. The summed E-state index contributed by atoms with van der Waals surface area (Å²) in [5.74, 6) is 1.35. The lowest BCUT2D eigenvalue weighted by Crippen LogP contribution is -2.43. The smallest absolute Gasteiger partial charge is 0.241 e. The third-order valence-corrected chi connectivity index (χ3v) is 5.07. The summed E-state index contributed by atoms with van der Waals surface area (Å²) in [6, 6.07) is 13.3. The number of methoxy groups -OCH3 is 2. The topological polar surface area (TPSA) is 50.8 Å². The van der Waals surface area contributed by atoms with Crippen LogP contribution in [0.1, 0.15) is 25.3 Å². The summed E-state index contributed by atoms with van der Waals surface area (Å²) in [6.07, 6.45) is 2.24. The average molecular weight is 389 g/mol. The van der Waals surface area contributed by atoms with E-state index in [1.165, 1.54) is 0 Å². The molecule has 6 heteroatoms. The molecule has 5 nitrogen and oxygen atoms in total. The van der Waals surface area contributed by atoms with Crippen molar-refractivity contribution in [2.24, 2.45) is 0 Å². The number of carbonyl (C=O) groups is 1. The Labute approximate surface area is 165 Å². The minimum Gasteiger partial charge on any atom is -0.497 e. The van der Waals surface area contributed by atoms with Crippen LogP contribution in [0.5, 0.6) is 11.5 Å². The van der Waals surface area contributed by atoms with Crippen LogP contribution >= 0.6 is 11.6 Å². The zero-order chi connectivity index (χ0) is 19.4. The van der Waals surface area contributed by atoms with Crippen molar-refractivity contribution < 1.29 is 14.3 Å². The van der Waals surface area contributed by atoms with E-state index in [-0.39, 0.29) is 11.9 Å². The molecule has 0 aromatic heterocycles. The van der Waals surface area contributed by atoms with Crippen molar-refractivity contribution in [1.82, 2.24) is 4.90 Å². The van der Waals surface area contributed by atoms with Gasteiger partial charge in [-0.2, -0.15) is 0 Å². The predicted molar refractivity (Wildman–Crippen MR) is 108 cm³/mol. The number of hydrogen-bond donors (Lipinski definition) is 1. The monoisotopic (exact) mass is 388 g/mol. The number of nitrogens with zero attached hydrogens (tertiary/aromatic N) is 1. The Hall–Kier alpha value is -2.24. The highest BCUT2D eigenvalue weighted by molar-refractivity contribution is 6.31. The number of hydrogen-bond acceptors (Lipinski definition) is 4. The molecule has 1 aliphatic rings. The van der Waals surface area contributed by atoms with Crippen molar-refractivity contribution >= 4 is 23.2 Å². The normalized spacial score (nSPS) is 14.7. The molecular weight excluding hydrogens is 364 g/mol. The Kier molecular flexibility index (Phi) is 6.24. The van der Waals surface area contributed by atoms with Gasteiger partial charge >= 0.3 is 0 Å². The third kappa shape index (κ3) is 4.93. The summed E-state index contributed by atoms with van der Waals surface area (Å²) < 4.78 is 10.5. The van der Waals surface area contributed by atoms with Crippen LogP contribution < -0.4 is 14.8 Å². The van der Waals surface area contributed by atoms with E-state index in [0.29, 0.717) is 22.5 Å². The first-order valence-corrected chi connectivity index (χ1v) is 9.42. The molecule has 1 fully saturated rings. The van der Waals surface area contributed by atoms with Crippen LogP contribution in [-0.4, -0.2) is 37.1 Å². The van der Waals surface area contributed by atoms with E-state index in [4.69, 9.17) is 21.1 Å². The first-order valence-electron chi connectivity index (χ1n) is 9.05. The first-order chi connectivity index (χ1) is 13.0. The fourth-order valence-corrected chi connectivity index (χ4v) is 3.27. The van der Waals surface area contributed by atoms with Gasteiger partial charge in [0.15, 0.2) is 0 Å². The molecule has 0 spiro atoms. The number of benzene rings is 2. The second-order valence-corrected chi connectivity index (χ2v) is 7.20. The van der Waals surface area contributed by atoms with Crippen LogP contribution in [-0.2, 0) is 11.3 Å². The maximum atomic E-state index is 12.9. The van der Waals surface area contributed by atoms with Gasteiger partial charge in [-0.05, 0) is 55.7 Å². The molecule has 0 radical (unpaired) electrons. The average Bonchev–Trinajstić information content (AvgIpc) is 3.51. The summed E-state index contributed by atoms with van der Waals surface area (Å²) in [7, 11) is 3.23. The van der Waals surface area contributed by atoms with Crippen LogP contribution in [0.4, 0.5) is 5.69 Å². The minimum atomic E-state index is -0.275. The van der Waals surface area contributed by atoms with Crippen molar-refractivity contribution in [2.75, 3.05) is 19.5 Å². The largest absolute Gasteiger partial charge is 0.497 e. The Balaban J connectivity index is 1.71. The highest BCUT2D eigenvalue weighted by Gasteiger charge is 2.35. The molecular formula is C21H25ClN2O3. The van der Waals surface area contributed by atoms with Gasteiger partial charge in [-0.3, -0.25) is 9.69 Å². The van der Waals surface area contributed by atoms with Gasteiger partial charge in [0.2, 0.25) is 5.91 Å². The Morgan fingerprint density at radius 2 is 1.89 bits per heavy atom. The molecule has 1 saturated carbocycles. The highest BCUT2D eigenvalue weighted by atomic mass is 35.5. The zero-order valence-corrected chi connectivity index (χ0v) is 16.6. The Morgan fingerprint density at radius 1 is 1.19 bits per heavy atom. The lowest BCUT2D eigenvalue weighted by atomic mass is 10.1. The molecule has 27 heavy (non-hydrogen) atoms. The quantitative estimate of drug-likeness (QED) is 0.730. The summed E-state index contributed by atoms with van der Waals surface area (Å²) >= 11 is 6.06. The molecule has 1 aliphatic carbocycles.